The van der Waals surface area contributed by atoms with Gasteiger partial charge in [0.25, 0.3) is 11.8 Å². The molecule has 0 spiro atoms. The third kappa shape index (κ3) is 6.97. The summed E-state index contributed by atoms with van der Waals surface area (Å²) in [5.74, 6) is -1.87. The average Bonchev–Trinajstić information content (AvgIpc) is 2.66. The smallest absolute Gasteiger partial charge is 0.326 e. The summed E-state index contributed by atoms with van der Waals surface area (Å²) in [6, 6.07) is 11.7. The van der Waals surface area contributed by atoms with E-state index in [0.29, 0.717) is 11.3 Å². The lowest BCUT2D eigenvalue weighted by atomic mass is 10.2. The Morgan fingerprint density at radius 3 is 2.21 bits per heavy atom. The average molecular weight is 484 g/mol. The maximum Gasteiger partial charge on any atom is 0.326 e. The largest absolute Gasteiger partial charge is 0.451 e. The Labute approximate surface area is 175 Å². The van der Waals surface area contributed by atoms with Crippen molar-refractivity contribution in [3.8, 4) is 0 Å². The molecule has 11 heteroatoms. The molecule has 0 unspecified atom stereocenters. The van der Waals surface area contributed by atoms with Gasteiger partial charge in [-0.1, -0.05) is 15.9 Å². The highest BCUT2D eigenvalue weighted by Crippen LogP contribution is 2.13. The van der Waals surface area contributed by atoms with Crippen LogP contribution in [0.25, 0.3) is 0 Å². The lowest BCUT2D eigenvalue weighted by molar-refractivity contribution is -0.152. The van der Waals surface area contributed by atoms with Gasteiger partial charge in [0.1, 0.15) is 6.54 Å². The van der Waals surface area contributed by atoms with Crippen molar-refractivity contribution < 1.29 is 27.5 Å². The first kappa shape index (κ1) is 22.5. The molecule has 0 saturated carbocycles. The second kappa shape index (κ2) is 9.63. The van der Waals surface area contributed by atoms with Gasteiger partial charge >= 0.3 is 5.97 Å². The van der Waals surface area contributed by atoms with Crippen LogP contribution in [0.2, 0.25) is 0 Å². The number of nitrogens with two attached hydrogens (primary N) is 1. The monoisotopic (exact) mass is 483 g/mol. The van der Waals surface area contributed by atoms with Gasteiger partial charge in [0, 0.05) is 15.7 Å². The molecule has 154 valence electrons. The number of carbonyl (C=O) groups excluding carboxylic acids is 3. The van der Waals surface area contributed by atoms with Crippen molar-refractivity contribution in [1.82, 2.24) is 5.32 Å². The van der Waals surface area contributed by atoms with Crippen LogP contribution in [-0.2, 0) is 24.3 Å². The number of esters is 1. The highest BCUT2D eigenvalue weighted by Gasteiger charge is 2.19. The van der Waals surface area contributed by atoms with Gasteiger partial charge in [-0.25, -0.2) is 13.6 Å². The Morgan fingerprint density at radius 2 is 1.66 bits per heavy atom. The van der Waals surface area contributed by atoms with Crippen LogP contribution in [0.3, 0.4) is 0 Å². The lowest BCUT2D eigenvalue weighted by Gasteiger charge is -2.14. The molecule has 4 N–H and O–H groups in total. The molecular weight excluding hydrogens is 466 g/mol. The Morgan fingerprint density at radius 1 is 1.07 bits per heavy atom. The van der Waals surface area contributed by atoms with Crippen molar-refractivity contribution in [3.05, 3.63) is 58.6 Å². The summed E-state index contributed by atoms with van der Waals surface area (Å²) in [6.45, 7) is 0.956. The van der Waals surface area contributed by atoms with E-state index < -0.39 is 40.5 Å². The molecule has 0 bridgehead atoms. The number of primary sulfonamides is 1. The van der Waals surface area contributed by atoms with E-state index in [9.17, 15) is 22.8 Å². The van der Waals surface area contributed by atoms with E-state index >= 15 is 0 Å². The molecule has 0 saturated heterocycles. The zero-order valence-corrected chi connectivity index (χ0v) is 17.6. The molecule has 0 heterocycles. The minimum atomic E-state index is -3.83. The molecule has 0 aromatic heterocycles. The highest BCUT2D eigenvalue weighted by molar-refractivity contribution is 9.10. The van der Waals surface area contributed by atoms with Crippen molar-refractivity contribution in [2.45, 2.75) is 17.9 Å². The summed E-state index contributed by atoms with van der Waals surface area (Å²) in [5.41, 5.74) is 0.670. The molecule has 1 atom stereocenters. The van der Waals surface area contributed by atoms with Crippen molar-refractivity contribution in [3.63, 3.8) is 0 Å². The highest BCUT2D eigenvalue weighted by atomic mass is 79.9. The summed E-state index contributed by atoms with van der Waals surface area (Å²) in [4.78, 5) is 35.8. The molecule has 0 aliphatic carbocycles. The first-order valence-corrected chi connectivity index (χ1v) is 10.6. The maximum absolute atomic E-state index is 12.1. The van der Waals surface area contributed by atoms with Gasteiger partial charge in [0.15, 0.2) is 6.10 Å². The molecule has 0 aliphatic heterocycles. The summed E-state index contributed by atoms with van der Waals surface area (Å²) < 4.78 is 28.2. The van der Waals surface area contributed by atoms with Crippen LogP contribution in [0.1, 0.15) is 17.3 Å². The normalized spacial score (nSPS) is 12.0. The fourth-order valence-corrected chi connectivity index (χ4v) is 2.90. The standard InChI is InChI=1S/C18H18BrN3O6S/c1-11(17(24)22-14-6-8-15(9-7-14)29(20,26)27)28-16(23)10-21-18(25)12-2-4-13(19)5-3-12/h2-9,11H,10H2,1H3,(H,21,25)(H,22,24)(H2,20,26,27)/t11-/m1/s1. The molecule has 9 nitrogen and oxygen atoms in total. The van der Waals surface area contributed by atoms with E-state index in [-0.39, 0.29) is 4.90 Å². The molecule has 29 heavy (non-hydrogen) atoms. The number of halogens is 1. The van der Waals surface area contributed by atoms with Gasteiger partial charge in [-0.2, -0.15) is 0 Å². The maximum atomic E-state index is 12.1. The van der Waals surface area contributed by atoms with Gasteiger partial charge in [-0.3, -0.25) is 14.4 Å². The van der Waals surface area contributed by atoms with Crippen LogP contribution < -0.4 is 15.8 Å². The Hall–Kier alpha value is -2.76. The van der Waals surface area contributed by atoms with Gasteiger partial charge in [-0.05, 0) is 55.5 Å². The molecular formula is C18H18BrN3O6S. The number of carbonyl (C=O) groups is 3. The van der Waals surface area contributed by atoms with Gasteiger partial charge < -0.3 is 15.4 Å². The topological polar surface area (TPSA) is 145 Å². The summed E-state index contributed by atoms with van der Waals surface area (Å²) in [6.07, 6.45) is -1.13. The molecule has 2 aromatic rings. The number of sulfonamides is 1. The quantitative estimate of drug-likeness (QED) is 0.507. The number of hydrogen-bond acceptors (Lipinski definition) is 6. The number of nitrogens with one attached hydrogen (secondary N) is 2. The first-order valence-electron chi connectivity index (χ1n) is 8.23. The fourth-order valence-electron chi connectivity index (χ4n) is 2.12. The minimum absolute atomic E-state index is 0.100. The van der Waals surface area contributed by atoms with E-state index in [1.807, 2.05) is 0 Å². The number of ether oxygens (including phenoxy) is 1. The SMILES string of the molecule is C[C@@H](OC(=O)CNC(=O)c1ccc(Br)cc1)C(=O)Nc1ccc(S(N)(=O)=O)cc1. The van der Waals surface area contributed by atoms with E-state index in [4.69, 9.17) is 9.88 Å². The number of benzene rings is 2. The Kier molecular flexibility index (Phi) is 7.48. The zero-order chi connectivity index (χ0) is 21.6. The zero-order valence-electron chi connectivity index (χ0n) is 15.2. The number of rotatable bonds is 7. The van der Waals surface area contributed by atoms with Crippen molar-refractivity contribution in [2.75, 3.05) is 11.9 Å². The second-order valence-corrected chi connectivity index (χ2v) is 8.36. The fraction of sp³-hybridized carbons (Fsp3) is 0.167. The molecule has 0 aliphatic rings. The molecule has 0 radical (unpaired) electrons. The minimum Gasteiger partial charge on any atom is -0.451 e. The van der Waals surface area contributed by atoms with Gasteiger partial charge in [0.2, 0.25) is 10.0 Å². The van der Waals surface area contributed by atoms with Crippen LogP contribution in [0.5, 0.6) is 0 Å². The molecule has 0 fully saturated rings. The first-order chi connectivity index (χ1) is 13.6. The van der Waals surface area contributed by atoms with Crippen LogP contribution in [0.15, 0.2) is 57.9 Å². The second-order valence-electron chi connectivity index (χ2n) is 5.88. The van der Waals surface area contributed by atoms with E-state index in [1.165, 1.54) is 31.2 Å². The summed E-state index contributed by atoms with van der Waals surface area (Å²) in [7, 11) is -3.83. The molecule has 2 rings (SSSR count). The molecule has 2 amide bonds. The predicted octanol–water partition coefficient (Wildman–Crippen LogP) is 1.40. The van der Waals surface area contributed by atoms with Gasteiger partial charge in [-0.15, -0.1) is 0 Å². The van der Waals surface area contributed by atoms with Crippen molar-refractivity contribution in [1.29, 1.82) is 0 Å². The van der Waals surface area contributed by atoms with Crippen LogP contribution in [-0.4, -0.2) is 38.9 Å². The lowest BCUT2D eigenvalue weighted by Crippen LogP contribution is -2.35. The number of hydrogen-bond donors (Lipinski definition) is 3. The van der Waals surface area contributed by atoms with E-state index in [1.54, 1.807) is 24.3 Å². The summed E-state index contributed by atoms with van der Waals surface area (Å²) in [5, 5.41) is 9.88. The van der Waals surface area contributed by atoms with E-state index in [2.05, 4.69) is 26.6 Å². The predicted molar refractivity (Wildman–Crippen MR) is 108 cm³/mol. The Bertz CT molecular complexity index is 1010. The third-order valence-electron chi connectivity index (χ3n) is 3.63. The number of amides is 2. The Balaban J connectivity index is 1.83. The molecule has 2 aromatic carbocycles. The van der Waals surface area contributed by atoms with Crippen LogP contribution in [0, 0.1) is 0 Å². The number of anilines is 1. The van der Waals surface area contributed by atoms with Crippen LogP contribution >= 0.6 is 15.9 Å². The van der Waals surface area contributed by atoms with Crippen molar-refractivity contribution in [2.24, 2.45) is 5.14 Å². The summed E-state index contributed by atoms with van der Waals surface area (Å²) >= 11 is 3.26. The third-order valence-corrected chi connectivity index (χ3v) is 5.09. The van der Waals surface area contributed by atoms with Crippen LogP contribution in [0.4, 0.5) is 5.69 Å². The van der Waals surface area contributed by atoms with E-state index in [0.717, 1.165) is 4.47 Å². The van der Waals surface area contributed by atoms with Crippen molar-refractivity contribution >= 4 is 49.4 Å². The van der Waals surface area contributed by atoms with Gasteiger partial charge in [0.05, 0.1) is 4.90 Å².